The van der Waals surface area contributed by atoms with Gasteiger partial charge in [-0.3, -0.25) is 24.1 Å². The highest BCUT2D eigenvalue weighted by molar-refractivity contribution is 6.26. The van der Waals surface area contributed by atoms with Crippen LogP contribution >= 0.6 is 0 Å². The van der Waals surface area contributed by atoms with Crippen molar-refractivity contribution in [3.05, 3.63) is 113 Å². The van der Waals surface area contributed by atoms with Gasteiger partial charge in [-0.2, -0.15) is 0 Å². The summed E-state index contributed by atoms with van der Waals surface area (Å²) in [4.78, 5) is 59.6. The van der Waals surface area contributed by atoms with Gasteiger partial charge in [-0.15, -0.1) is 0 Å². The van der Waals surface area contributed by atoms with Crippen LogP contribution in [0.5, 0.6) is 0 Å². The van der Waals surface area contributed by atoms with E-state index in [1.54, 1.807) is 11.9 Å². The molecule has 10 nitrogen and oxygen atoms in total. The van der Waals surface area contributed by atoms with Gasteiger partial charge in [0.2, 0.25) is 23.6 Å². The molecule has 4 saturated heterocycles. The summed E-state index contributed by atoms with van der Waals surface area (Å²) < 4.78 is 29.3. The number of nitrogens with zero attached hydrogens (tertiary/aromatic N) is 2. The number of carbonyl (C=O) groups excluding carboxylic acids is 4. The van der Waals surface area contributed by atoms with Crippen LogP contribution in [-0.2, 0) is 49.0 Å². The van der Waals surface area contributed by atoms with Crippen molar-refractivity contribution in [2.75, 3.05) is 11.9 Å². The number of ether oxygens (including phenoxy) is 4. The van der Waals surface area contributed by atoms with Gasteiger partial charge in [0.05, 0.1) is 78.2 Å². The Kier molecular flexibility index (Phi) is 10.5. The SMILES string of the molecule is Cc1cc(-c2cc(C)c(N3C(=O)C4CC5OC6CC7C(CC6OC5CC4C3=O)C3(C(C)C)c4ccccc4C7(C(C)C)C4CC5OC6CC7C(=O)N(C)C(=O)C7CC6OC5CC43)c3ccccc23)c2ccccc2c1C. The van der Waals surface area contributed by atoms with Gasteiger partial charge in [-0.05, 0) is 169 Å². The molecule has 0 spiro atoms. The van der Waals surface area contributed by atoms with Crippen LogP contribution in [0.2, 0.25) is 0 Å². The smallest absolute Gasteiger partial charge is 0.237 e. The van der Waals surface area contributed by atoms with E-state index in [0.717, 1.165) is 53.1 Å². The molecular formula is C66H72N2O8. The molecule has 9 fully saturated rings. The lowest BCUT2D eigenvalue weighted by Gasteiger charge is -2.76. The molecule has 0 radical (unpaired) electrons. The Balaban J connectivity index is 0.749. The van der Waals surface area contributed by atoms with Gasteiger partial charge < -0.3 is 18.9 Å². The standard InChI is InChI=1S/C66H72N2O8/c1-31(2)65-46-19-13-14-20-47(46)66(32(3)4,49-28-57-56(27-48(49)65)73-52-23-42-43(24-53(52)74-57)62(70)67(8)61(42)69)51-30-59-58(29-50(51)65)75-54-25-44-45(26-55(54)76-59)64(72)68(63(44)71)60-34(6)22-41(38-17-11-12-18-39(38)60)40-21-33(5)35(7)36-15-9-10-16-37(36)40/h9-22,31-32,42-45,48-59H,23-30H2,1-8H3. The Morgan fingerprint density at radius 1 is 0.434 bits per heavy atom. The first-order chi connectivity index (χ1) is 36.6. The molecule has 16 rings (SSSR count). The highest BCUT2D eigenvalue weighted by atomic mass is 16.6. The van der Waals surface area contributed by atoms with E-state index in [1.807, 2.05) is 6.07 Å². The lowest BCUT2D eigenvalue weighted by Crippen LogP contribution is -2.76. The minimum Gasteiger partial charge on any atom is -0.370 e. The molecule has 4 heterocycles. The van der Waals surface area contributed by atoms with Gasteiger partial charge >= 0.3 is 0 Å². The zero-order chi connectivity index (χ0) is 52.2. The largest absolute Gasteiger partial charge is 0.370 e. The molecule has 18 unspecified atom stereocenters. The number of benzene rings is 5. The lowest BCUT2D eigenvalue weighted by molar-refractivity contribution is -0.298. The summed E-state index contributed by atoms with van der Waals surface area (Å²) in [5.41, 5.74) is 9.07. The molecule has 5 saturated carbocycles. The van der Waals surface area contributed by atoms with Crippen molar-refractivity contribution >= 4 is 50.9 Å². The summed E-state index contributed by atoms with van der Waals surface area (Å²) in [6, 6.07) is 30.8. The fourth-order valence-electron chi connectivity index (χ4n) is 19.9. The maximum absolute atomic E-state index is 15.1. The minimum absolute atomic E-state index is 0.0742. The van der Waals surface area contributed by atoms with Crippen molar-refractivity contribution in [1.29, 1.82) is 0 Å². The van der Waals surface area contributed by atoms with Crippen LogP contribution in [0, 0.1) is 80.0 Å². The van der Waals surface area contributed by atoms with Crippen LogP contribution in [0.4, 0.5) is 5.69 Å². The molecule has 4 amide bonds. The van der Waals surface area contributed by atoms with E-state index < -0.39 is 11.8 Å². The summed E-state index contributed by atoms with van der Waals surface area (Å²) in [7, 11) is 1.63. The summed E-state index contributed by atoms with van der Waals surface area (Å²) in [5.74, 6) is -0.00304. The molecular weight excluding hydrogens is 949 g/mol. The van der Waals surface area contributed by atoms with Crippen LogP contribution in [0.15, 0.2) is 84.9 Å². The minimum atomic E-state index is -0.480. The molecule has 76 heavy (non-hydrogen) atoms. The van der Waals surface area contributed by atoms with Crippen molar-refractivity contribution in [3.8, 4) is 11.1 Å². The van der Waals surface area contributed by atoms with Crippen LogP contribution in [0.1, 0.15) is 107 Å². The Hall–Kier alpha value is -5.26. The fourth-order valence-corrected chi connectivity index (χ4v) is 19.9. The number of hydrogen-bond donors (Lipinski definition) is 0. The van der Waals surface area contributed by atoms with Gasteiger partial charge in [0.25, 0.3) is 0 Å². The van der Waals surface area contributed by atoms with E-state index in [0.29, 0.717) is 66.9 Å². The molecule has 5 aromatic carbocycles. The number of aryl methyl sites for hydroxylation is 3. The average Bonchev–Trinajstić information content (AvgIpc) is 3.80. The third kappa shape index (κ3) is 6.08. The van der Waals surface area contributed by atoms with Crippen LogP contribution in [0.25, 0.3) is 32.7 Å². The van der Waals surface area contributed by atoms with Gasteiger partial charge in [0.1, 0.15) is 0 Å². The summed E-state index contributed by atoms with van der Waals surface area (Å²) in [5, 5.41) is 4.35. The first kappa shape index (κ1) is 47.9. The number of hydrogen-bond acceptors (Lipinski definition) is 8. The highest BCUT2D eigenvalue weighted by Gasteiger charge is 2.75. The molecule has 18 atom stereocenters. The molecule has 5 aromatic rings. The van der Waals surface area contributed by atoms with E-state index in [2.05, 4.69) is 127 Å². The third-order valence-corrected chi connectivity index (χ3v) is 22.8. The van der Waals surface area contributed by atoms with Crippen LogP contribution in [0.3, 0.4) is 0 Å². The molecule has 0 N–H and O–H groups in total. The summed E-state index contributed by atoms with van der Waals surface area (Å²) >= 11 is 0. The van der Waals surface area contributed by atoms with E-state index in [1.165, 1.54) is 37.9 Å². The predicted molar refractivity (Wildman–Crippen MR) is 290 cm³/mol. The van der Waals surface area contributed by atoms with Crippen molar-refractivity contribution < 1.29 is 38.1 Å². The second kappa shape index (κ2) is 16.6. The Morgan fingerprint density at radius 3 is 1.17 bits per heavy atom. The second-order valence-corrected chi connectivity index (χ2v) is 26.1. The average molecular weight is 1020 g/mol. The number of imide groups is 2. The predicted octanol–water partition coefficient (Wildman–Crippen LogP) is 11.1. The number of likely N-dealkylation sites (tertiary alicyclic amines) is 1. The van der Waals surface area contributed by atoms with Crippen molar-refractivity contribution in [2.45, 2.75) is 159 Å². The van der Waals surface area contributed by atoms with Crippen molar-refractivity contribution in [1.82, 2.24) is 4.90 Å². The molecule has 0 aromatic heterocycles. The summed E-state index contributed by atoms with van der Waals surface area (Å²) in [6.45, 7) is 16.2. The molecule has 10 heteroatoms. The fraction of sp³-hybridized carbons (Fsp3) is 0.545. The van der Waals surface area contributed by atoms with E-state index in [-0.39, 0.29) is 95.1 Å². The van der Waals surface area contributed by atoms with Gasteiger partial charge in [-0.25, -0.2) is 4.90 Å². The monoisotopic (exact) mass is 1020 g/mol. The lowest BCUT2D eigenvalue weighted by atomic mass is 9.29. The van der Waals surface area contributed by atoms with Gasteiger partial charge in [0, 0.05) is 23.3 Å². The van der Waals surface area contributed by atoms with E-state index in [9.17, 15) is 9.59 Å². The van der Waals surface area contributed by atoms with E-state index in [4.69, 9.17) is 18.9 Å². The zero-order valence-corrected chi connectivity index (χ0v) is 45.3. The van der Waals surface area contributed by atoms with Crippen molar-refractivity contribution in [3.63, 3.8) is 0 Å². The molecule has 394 valence electrons. The number of fused-ring (bicyclic) bond motifs is 8. The number of rotatable bonds is 4. The normalized spacial score (nSPS) is 39.9. The number of carbonyl (C=O) groups is 4. The molecule has 4 aliphatic heterocycles. The maximum atomic E-state index is 15.1. The Morgan fingerprint density at radius 2 is 0.763 bits per heavy atom. The van der Waals surface area contributed by atoms with Gasteiger partial charge in [-0.1, -0.05) is 107 Å². The highest BCUT2D eigenvalue weighted by Crippen LogP contribution is 2.76. The van der Waals surface area contributed by atoms with Gasteiger partial charge in [0.15, 0.2) is 0 Å². The molecule has 2 bridgehead atoms. The second-order valence-electron chi connectivity index (χ2n) is 26.1. The molecule has 7 aliphatic carbocycles. The van der Waals surface area contributed by atoms with Crippen molar-refractivity contribution in [2.24, 2.45) is 59.2 Å². The molecule has 11 aliphatic rings. The third-order valence-electron chi connectivity index (χ3n) is 22.8. The Bertz CT molecular complexity index is 3220. The maximum Gasteiger partial charge on any atom is 0.237 e. The first-order valence-electron chi connectivity index (χ1n) is 29.0. The first-order valence-corrected chi connectivity index (χ1v) is 29.0. The zero-order valence-electron chi connectivity index (χ0n) is 45.3. The topological polar surface area (TPSA) is 112 Å². The summed E-state index contributed by atoms with van der Waals surface area (Å²) in [6.07, 6.45) is 4.20. The van der Waals surface area contributed by atoms with E-state index >= 15 is 9.59 Å². The number of anilines is 1. The Labute approximate surface area is 446 Å². The van der Waals surface area contributed by atoms with Crippen LogP contribution < -0.4 is 4.90 Å². The quantitative estimate of drug-likeness (QED) is 0.164. The number of amides is 4. The van der Waals surface area contributed by atoms with Crippen LogP contribution in [-0.4, -0.2) is 84.4 Å².